The van der Waals surface area contributed by atoms with Gasteiger partial charge in [0.1, 0.15) is 10.7 Å². The third-order valence-corrected chi connectivity index (χ3v) is 7.40. The molecule has 0 radical (unpaired) electrons. The molecule has 5 rings (SSSR count). The van der Waals surface area contributed by atoms with E-state index in [9.17, 15) is 9.59 Å². The molecule has 0 aliphatic heterocycles. The quantitative estimate of drug-likeness (QED) is 0.395. The largest absolute Gasteiger partial charge is 0.309 e. The number of nitrogens with zero attached hydrogens (tertiary/aromatic N) is 3. The molecule has 0 unspecified atom stereocenters. The monoisotopic (exact) mass is 424 g/mol. The van der Waals surface area contributed by atoms with Crippen molar-refractivity contribution >= 4 is 44.2 Å². The van der Waals surface area contributed by atoms with Crippen LogP contribution >= 0.6 is 23.1 Å². The number of para-hydroxylation sites is 1. The van der Waals surface area contributed by atoms with Gasteiger partial charge >= 0.3 is 0 Å². The molecular weight excluding hydrogens is 404 g/mol. The van der Waals surface area contributed by atoms with Gasteiger partial charge in [0.15, 0.2) is 5.16 Å². The fraction of sp³-hybridized carbons (Fsp3) is 0.333. The number of nitrogens with one attached hydrogen (secondary N) is 1. The molecule has 0 atom stereocenters. The fourth-order valence-electron chi connectivity index (χ4n) is 3.93. The summed E-state index contributed by atoms with van der Waals surface area (Å²) < 4.78 is 1.71. The third kappa shape index (κ3) is 3.11. The summed E-state index contributed by atoms with van der Waals surface area (Å²) in [6.07, 6.45) is 3.13. The maximum absolute atomic E-state index is 12.9. The van der Waals surface area contributed by atoms with Gasteiger partial charge in [0.2, 0.25) is 0 Å². The number of fused-ring (bicyclic) bond motifs is 4. The first-order chi connectivity index (χ1) is 14.0. The van der Waals surface area contributed by atoms with Crippen molar-refractivity contribution in [1.82, 2.24) is 19.5 Å². The molecule has 0 amide bonds. The Labute approximate surface area is 175 Å². The number of hydrogen-bond donors (Lipinski definition) is 1. The number of thiophene rings is 1. The molecule has 0 spiro atoms. The Bertz CT molecular complexity index is 1370. The van der Waals surface area contributed by atoms with Gasteiger partial charge in [-0.05, 0) is 50.8 Å². The van der Waals surface area contributed by atoms with E-state index in [0.717, 1.165) is 29.5 Å². The number of aryl methyl sites for hydroxylation is 2. The van der Waals surface area contributed by atoms with Crippen molar-refractivity contribution in [2.75, 3.05) is 0 Å². The number of aromatic amines is 1. The zero-order chi connectivity index (χ0) is 20.1. The van der Waals surface area contributed by atoms with E-state index >= 15 is 0 Å². The Hall–Kier alpha value is -2.45. The number of thioether (sulfide) groups is 1. The first-order valence-corrected chi connectivity index (χ1v) is 11.5. The molecule has 3 heterocycles. The van der Waals surface area contributed by atoms with Crippen molar-refractivity contribution in [2.24, 2.45) is 0 Å². The standard InChI is InChI=1S/C21H20N4O2S2/c1-11(2)25-20(27)12-6-3-4-8-14(12)22-21(25)28-10-16-23-18(26)17-13-7-5-9-15(13)29-19(17)24-16/h3-4,6,8,11H,5,7,9-10H2,1-2H3,(H,23,24,26). The SMILES string of the molecule is CC(C)n1c(SCc2nc3sc4c(c3c(=O)[nH]2)CCC4)nc2ccccc2c1=O. The average Bonchev–Trinajstić information content (AvgIpc) is 3.27. The van der Waals surface area contributed by atoms with Crippen LogP contribution in [0.1, 0.15) is 42.6 Å². The number of rotatable bonds is 4. The smallest absolute Gasteiger partial charge is 0.262 e. The number of H-pyrrole nitrogens is 1. The molecule has 1 aromatic carbocycles. The van der Waals surface area contributed by atoms with E-state index in [2.05, 4.69) is 4.98 Å². The van der Waals surface area contributed by atoms with Gasteiger partial charge in [0.05, 0.1) is 22.0 Å². The van der Waals surface area contributed by atoms with Gasteiger partial charge in [-0.3, -0.25) is 14.2 Å². The predicted molar refractivity (Wildman–Crippen MR) is 118 cm³/mol. The fourth-order valence-corrected chi connectivity index (χ4v) is 6.21. The molecule has 0 fully saturated rings. The Morgan fingerprint density at radius 1 is 1.21 bits per heavy atom. The first-order valence-electron chi connectivity index (χ1n) is 9.70. The van der Waals surface area contributed by atoms with Crippen LogP contribution in [0, 0.1) is 0 Å². The van der Waals surface area contributed by atoms with Crippen molar-refractivity contribution in [3.05, 3.63) is 61.2 Å². The zero-order valence-electron chi connectivity index (χ0n) is 16.2. The lowest BCUT2D eigenvalue weighted by Gasteiger charge is -2.15. The lowest BCUT2D eigenvalue weighted by molar-refractivity contribution is 0.519. The zero-order valence-corrected chi connectivity index (χ0v) is 17.8. The van der Waals surface area contributed by atoms with Gasteiger partial charge in [-0.1, -0.05) is 23.9 Å². The Kier molecular flexibility index (Phi) is 4.55. The lowest BCUT2D eigenvalue weighted by atomic mass is 10.2. The summed E-state index contributed by atoms with van der Waals surface area (Å²) >= 11 is 3.07. The van der Waals surface area contributed by atoms with Crippen molar-refractivity contribution in [1.29, 1.82) is 0 Å². The number of aromatic nitrogens is 4. The highest BCUT2D eigenvalue weighted by Crippen LogP contribution is 2.34. The van der Waals surface area contributed by atoms with Crippen LogP contribution in [0.15, 0.2) is 39.0 Å². The van der Waals surface area contributed by atoms with E-state index in [1.54, 1.807) is 22.0 Å². The van der Waals surface area contributed by atoms with Crippen molar-refractivity contribution in [3.63, 3.8) is 0 Å². The topological polar surface area (TPSA) is 80.6 Å². The molecule has 148 valence electrons. The van der Waals surface area contributed by atoms with Gasteiger partial charge in [-0.25, -0.2) is 9.97 Å². The normalized spacial score (nSPS) is 13.6. The van der Waals surface area contributed by atoms with Crippen LogP contribution in [0.2, 0.25) is 0 Å². The number of hydrogen-bond acceptors (Lipinski definition) is 6. The molecule has 3 aromatic heterocycles. The summed E-state index contributed by atoms with van der Waals surface area (Å²) in [6.45, 7) is 3.95. The highest BCUT2D eigenvalue weighted by Gasteiger charge is 2.21. The molecule has 1 aliphatic carbocycles. The summed E-state index contributed by atoms with van der Waals surface area (Å²) in [5, 5.41) is 2.02. The molecule has 0 bridgehead atoms. The minimum absolute atomic E-state index is 0.0168. The minimum atomic E-state index is -0.0577. The van der Waals surface area contributed by atoms with Crippen molar-refractivity contribution in [2.45, 2.75) is 50.1 Å². The van der Waals surface area contributed by atoms with Crippen LogP contribution in [0.5, 0.6) is 0 Å². The van der Waals surface area contributed by atoms with Crippen LogP contribution in [0.4, 0.5) is 0 Å². The van der Waals surface area contributed by atoms with Gasteiger partial charge in [0, 0.05) is 10.9 Å². The second-order valence-corrected chi connectivity index (χ2v) is 9.55. The summed E-state index contributed by atoms with van der Waals surface area (Å²) in [4.78, 5) is 40.1. The van der Waals surface area contributed by atoms with E-state index in [4.69, 9.17) is 9.97 Å². The maximum atomic E-state index is 12.9. The van der Waals surface area contributed by atoms with Gasteiger partial charge in [-0.15, -0.1) is 11.3 Å². The van der Waals surface area contributed by atoms with Crippen LogP contribution in [0.25, 0.3) is 21.1 Å². The Morgan fingerprint density at radius 2 is 2.03 bits per heavy atom. The minimum Gasteiger partial charge on any atom is -0.309 e. The highest BCUT2D eigenvalue weighted by atomic mass is 32.2. The Morgan fingerprint density at radius 3 is 2.86 bits per heavy atom. The molecule has 29 heavy (non-hydrogen) atoms. The van der Waals surface area contributed by atoms with E-state index < -0.39 is 0 Å². The molecule has 0 saturated heterocycles. The summed E-state index contributed by atoms with van der Waals surface area (Å²) in [5.74, 6) is 1.07. The van der Waals surface area contributed by atoms with Gasteiger partial charge in [-0.2, -0.15) is 0 Å². The average molecular weight is 425 g/mol. The molecule has 8 heteroatoms. The van der Waals surface area contributed by atoms with E-state index in [0.29, 0.717) is 27.6 Å². The lowest BCUT2D eigenvalue weighted by Crippen LogP contribution is -2.25. The molecular formula is C21H20N4O2S2. The first kappa shape index (κ1) is 18.6. The van der Waals surface area contributed by atoms with Crippen LogP contribution < -0.4 is 11.1 Å². The second-order valence-electron chi connectivity index (χ2n) is 7.52. The second kappa shape index (κ2) is 7.11. The highest BCUT2D eigenvalue weighted by molar-refractivity contribution is 7.98. The van der Waals surface area contributed by atoms with Crippen molar-refractivity contribution in [3.8, 4) is 0 Å². The van der Waals surface area contributed by atoms with Crippen LogP contribution in [0.3, 0.4) is 0 Å². The molecule has 1 aliphatic rings. The van der Waals surface area contributed by atoms with E-state index in [1.807, 2.05) is 32.0 Å². The van der Waals surface area contributed by atoms with Crippen molar-refractivity contribution < 1.29 is 0 Å². The van der Waals surface area contributed by atoms with Gasteiger partial charge < -0.3 is 4.98 Å². The van der Waals surface area contributed by atoms with Crippen LogP contribution in [-0.2, 0) is 18.6 Å². The Balaban J connectivity index is 1.53. The summed E-state index contributed by atoms with van der Waals surface area (Å²) in [7, 11) is 0. The number of benzene rings is 1. The predicted octanol–water partition coefficient (Wildman–Crippen LogP) is 4.06. The molecule has 4 aromatic rings. The third-order valence-electron chi connectivity index (χ3n) is 5.25. The van der Waals surface area contributed by atoms with Gasteiger partial charge in [0.25, 0.3) is 11.1 Å². The maximum Gasteiger partial charge on any atom is 0.262 e. The van der Waals surface area contributed by atoms with E-state index in [-0.39, 0.29) is 17.2 Å². The molecule has 1 N–H and O–H groups in total. The molecule has 6 nitrogen and oxygen atoms in total. The summed E-state index contributed by atoms with van der Waals surface area (Å²) in [6, 6.07) is 7.37. The van der Waals surface area contributed by atoms with E-state index in [1.165, 1.54) is 22.2 Å². The summed E-state index contributed by atoms with van der Waals surface area (Å²) in [5.41, 5.74) is 1.77. The van der Waals surface area contributed by atoms with Crippen LogP contribution in [-0.4, -0.2) is 19.5 Å². The molecule has 0 saturated carbocycles.